The molecule has 0 unspecified atom stereocenters. The third-order valence-corrected chi connectivity index (χ3v) is 5.73. The van der Waals surface area contributed by atoms with Crippen LogP contribution in [-0.4, -0.2) is 41.8 Å². The van der Waals surface area contributed by atoms with Gasteiger partial charge in [0, 0.05) is 19.0 Å². The third kappa shape index (κ3) is 3.00. The molecule has 24 heavy (non-hydrogen) atoms. The van der Waals surface area contributed by atoms with E-state index in [0.717, 1.165) is 39.0 Å². The van der Waals surface area contributed by atoms with Crippen LogP contribution in [0.15, 0.2) is 60.7 Å². The van der Waals surface area contributed by atoms with E-state index >= 15 is 0 Å². The smallest absolute Gasteiger partial charge is 0.0724 e. The minimum atomic E-state index is -0.473. The molecule has 0 aromatic heterocycles. The molecular formula is C21H26N2O. The van der Waals surface area contributed by atoms with Crippen molar-refractivity contribution in [2.24, 2.45) is 5.92 Å². The maximum Gasteiger partial charge on any atom is 0.0724 e. The molecular weight excluding hydrogens is 296 g/mol. The molecule has 0 bridgehead atoms. The molecule has 0 spiro atoms. The van der Waals surface area contributed by atoms with Crippen LogP contribution in [0.25, 0.3) is 0 Å². The van der Waals surface area contributed by atoms with Crippen LogP contribution < -0.4 is 5.32 Å². The first-order valence-corrected chi connectivity index (χ1v) is 9.03. The molecule has 2 heterocycles. The molecule has 126 valence electrons. The molecule has 2 aliphatic heterocycles. The Morgan fingerprint density at radius 2 is 1.38 bits per heavy atom. The lowest BCUT2D eigenvalue weighted by molar-refractivity contribution is -0.110. The van der Waals surface area contributed by atoms with Crippen LogP contribution >= 0.6 is 0 Å². The van der Waals surface area contributed by atoms with Gasteiger partial charge in [-0.05, 0) is 37.1 Å². The molecule has 0 saturated carbocycles. The van der Waals surface area contributed by atoms with Gasteiger partial charge in [-0.1, -0.05) is 60.7 Å². The highest BCUT2D eigenvalue weighted by Crippen LogP contribution is 2.40. The molecule has 2 fully saturated rings. The van der Waals surface area contributed by atoms with Crippen LogP contribution in [0, 0.1) is 5.92 Å². The zero-order valence-electron chi connectivity index (χ0n) is 14.1. The fourth-order valence-electron chi connectivity index (χ4n) is 4.22. The Kier molecular flexibility index (Phi) is 4.40. The van der Waals surface area contributed by atoms with Crippen LogP contribution in [-0.2, 0) is 0 Å². The first-order chi connectivity index (χ1) is 11.8. The average molecular weight is 322 g/mol. The van der Waals surface area contributed by atoms with Gasteiger partial charge in [0.05, 0.1) is 11.6 Å². The van der Waals surface area contributed by atoms with Gasteiger partial charge in [-0.3, -0.25) is 4.90 Å². The maximum atomic E-state index is 11.0. The van der Waals surface area contributed by atoms with Crippen LogP contribution in [0.2, 0.25) is 0 Å². The lowest BCUT2D eigenvalue weighted by atomic mass is 9.74. The van der Waals surface area contributed by atoms with E-state index in [0.29, 0.717) is 5.92 Å². The molecule has 3 heteroatoms. The molecule has 0 radical (unpaired) electrons. The molecule has 2 aliphatic rings. The second kappa shape index (κ2) is 6.67. The summed E-state index contributed by atoms with van der Waals surface area (Å²) in [6.45, 7) is 3.83. The number of likely N-dealkylation sites (tertiary alicyclic amines) is 1. The van der Waals surface area contributed by atoms with E-state index in [1.807, 2.05) is 0 Å². The monoisotopic (exact) mass is 322 g/mol. The Hall–Kier alpha value is -1.68. The number of aliphatic hydroxyl groups is 1. The van der Waals surface area contributed by atoms with Crippen molar-refractivity contribution in [3.05, 3.63) is 71.8 Å². The van der Waals surface area contributed by atoms with Crippen LogP contribution in [0.5, 0.6) is 0 Å². The van der Waals surface area contributed by atoms with E-state index in [9.17, 15) is 5.11 Å². The second-order valence-corrected chi connectivity index (χ2v) is 7.23. The molecule has 2 N–H and O–H groups in total. The highest BCUT2D eigenvalue weighted by Gasteiger charge is 2.46. The third-order valence-electron chi connectivity index (χ3n) is 5.73. The zero-order valence-corrected chi connectivity index (χ0v) is 14.1. The fourth-order valence-corrected chi connectivity index (χ4v) is 4.22. The van der Waals surface area contributed by atoms with Crippen molar-refractivity contribution in [1.82, 2.24) is 10.2 Å². The minimum Gasteiger partial charge on any atom is -0.389 e. The number of hydrogen-bond acceptors (Lipinski definition) is 3. The molecule has 0 aliphatic carbocycles. The van der Waals surface area contributed by atoms with Gasteiger partial charge in [-0.15, -0.1) is 0 Å². The van der Waals surface area contributed by atoms with E-state index in [1.54, 1.807) is 0 Å². The van der Waals surface area contributed by atoms with Gasteiger partial charge in [0.2, 0.25) is 0 Å². The normalized spacial score (nSPS) is 21.6. The number of nitrogens with zero attached hydrogens (tertiary/aromatic N) is 1. The van der Waals surface area contributed by atoms with Crippen LogP contribution in [0.3, 0.4) is 0 Å². The summed E-state index contributed by atoms with van der Waals surface area (Å²) >= 11 is 0. The minimum absolute atomic E-state index is 0.286. The lowest BCUT2D eigenvalue weighted by Crippen LogP contribution is -2.61. The number of rotatable bonds is 4. The van der Waals surface area contributed by atoms with Gasteiger partial charge < -0.3 is 10.4 Å². The molecule has 0 amide bonds. The Balaban J connectivity index is 1.54. The van der Waals surface area contributed by atoms with E-state index in [-0.39, 0.29) is 6.04 Å². The first kappa shape index (κ1) is 15.8. The Bertz CT molecular complexity index is 607. The van der Waals surface area contributed by atoms with Crippen LogP contribution in [0.4, 0.5) is 0 Å². The van der Waals surface area contributed by atoms with Crippen molar-refractivity contribution >= 4 is 0 Å². The SMILES string of the molecule is OC1(C2CN(C(c3ccccc3)c3ccccc3)C2)CCNCC1. The van der Waals surface area contributed by atoms with Gasteiger partial charge in [-0.2, -0.15) is 0 Å². The summed E-state index contributed by atoms with van der Waals surface area (Å²) < 4.78 is 0. The van der Waals surface area contributed by atoms with E-state index in [1.165, 1.54) is 11.1 Å². The van der Waals surface area contributed by atoms with Gasteiger partial charge in [-0.25, -0.2) is 0 Å². The molecule has 4 rings (SSSR count). The summed E-state index contributed by atoms with van der Waals surface area (Å²) in [5.41, 5.74) is 2.19. The van der Waals surface area contributed by atoms with Gasteiger partial charge in [0.1, 0.15) is 0 Å². The van der Waals surface area contributed by atoms with Crippen LogP contribution in [0.1, 0.15) is 30.0 Å². The number of benzene rings is 2. The van der Waals surface area contributed by atoms with Crippen molar-refractivity contribution in [2.75, 3.05) is 26.2 Å². The molecule has 0 atom stereocenters. The van der Waals surface area contributed by atoms with Crippen molar-refractivity contribution in [3.63, 3.8) is 0 Å². The van der Waals surface area contributed by atoms with Gasteiger partial charge >= 0.3 is 0 Å². The quantitative estimate of drug-likeness (QED) is 0.908. The summed E-state index contributed by atoms with van der Waals surface area (Å²) in [5, 5.41) is 14.3. The van der Waals surface area contributed by atoms with Crippen molar-refractivity contribution in [3.8, 4) is 0 Å². The molecule has 2 aromatic carbocycles. The van der Waals surface area contributed by atoms with E-state index < -0.39 is 5.60 Å². The second-order valence-electron chi connectivity index (χ2n) is 7.23. The van der Waals surface area contributed by atoms with Gasteiger partial charge in [0.15, 0.2) is 0 Å². The summed E-state index contributed by atoms with van der Waals surface area (Å²) in [5.74, 6) is 0.398. The molecule has 2 saturated heterocycles. The number of hydrogen-bond donors (Lipinski definition) is 2. The van der Waals surface area contributed by atoms with Crippen molar-refractivity contribution < 1.29 is 5.11 Å². The van der Waals surface area contributed by atoms with E-state index in [2.05, 4.69) is 70.9 Å². The molecule has 3 nitrogen and oxygen atoms in total. The van der Waals surface area contributed by atoms with E-state index in [4.69, 9.17) is 0 Å². The van der Waals surface area contributed by atoms with Gasteiger partial charge in [0.25, 0.3) is 0 Å². The van der Waals surface area contributed by atoms with Crippen molar-refractivity contribution in [1.29, 1.82) is 0 Å². The molecule has 2 aromatic rings. The zero-order chi connectivity index (χ0) is 16.4. The Labute approximate surface area is 144 Å². The van der Waals surface area contributed by atoms with Crippen molar-refractivity contribution in [2.45, 2.75) is 24.5 Å². The Morgan fingerprint density at radius 3 is 1.88 bits per heavy atom. The summed E-state index contributed by atoms with van der Waals surface area (Å²) in [6, 6.07) is 21.7. The number of nitrogens with one attached hydrogen (secondary N) is 1. The summed E-state index contributed by atoms with van der Waals surface area (Å²) in [4.78, 5) is 2.51. The predicted molar refractivity (Wildman–Crippen MR) is 96.8 cm³/mol. The predicted octanol–water partition coefficient (Wildman–Crippen LogP) is 2.82. The topological polar surface area (TPSA) is 35.5 Å². The Morgan fingerprint density at radius 1 is 0.875 bits per heavy atom. The fraction of sp³-hybridized carbons (Fsp3) is 0.429. The average Bonchev–Trinajstić information content (AvgIpc) is 2.59. The highest BCUT2D eigenvalue weighted by molar-refractivity contribution is 5.32. The summed E-state index contributed by atoms with van der Waals surface area (Å²) in [7, 11) is 0. The maximum absolute atomic E-state index is 11.0. The largest absolute Gasteiger partial charge is 0.389 e. The first-order valence-electron chi connectivity index (χ1n) is 9.03. The standard InChI is InChI=1S/C21H26N2O/c24-21(11-13-22-14-12-21)19-15-23(16-19)20(17-7-3-1-4-8-17)18-9-5-2-6-10-18/h1-10,19-20,22,24H,11-16H2. The lowest BCUT2D eigenvalue weighted by Gasteiger charge is -2.52. The number of piperidine rings is 1. The highest BCUT2D eigenvalue weighted by atomic mass is 16.3. The summed E-state index contributed by atoms with van der Waals surface area (Å²) in [6.07, 6.45) is 1.76.